The zero-order valence-electron chi connectivity index (χ0n) is 10.3. The Hall–Kier alpha value is -1.18. The predicted molar refractivity (Wildman–Crippen MR) is 76.3 cm³/mol. The van der Waals surface area contributed by atoms with Gasteiger partial charge >= 0.3 is 0 Å². The lowest BCUT2D eigenvalue weighted by molar-refractivity contribution is -0.468. The van der Waals surface area contributed by atoms with Gasteiger partial charge in [0.15, 0.2) is 0 Å². The lowest BCUT2D eigenvalue weighted by atomic mass is 10.1. The van der Waals surface area contributed by atoms with Crippen LogP contribution in [-0.4, -0.2) is 22.8 Å². The molecule has 0 amide bonds. The predicted octanol–water partition coefficient (Wildman–Crippen LogP) is 3.89. The third kappa shape index (κ3) is 6.53. The van der Waals surface area contributed by atoms with Crippen LogP contribution < -0.4 is 0 Å². The van der Waals surface area contributed by atoms with E-state index >= 15 is 0 Å². The van der Waals surface area contributed by atoms with Crippen LogP contribution in [0.4, 0.5) is 0 Å². The summed E-state index contributed by atoms with van der Waals surface area (Å²) in [5, 5.41) is 10.2. The van der Waals surface area contributed by atoms with Crippen molar-refractivity contribution in [1.82, 2.24) is 4.31 Å². The summed E-state index contributed by atoms with van der Waals surface area (Å²) in [6.45, 7) is 3.73. The van der Waals surface area contributed by atoms with Gasteiger partial charge in [0, 0.05) is 39.2 Å². The molecule has 0 saturated heterocycles. The third-order valence-corrected chi connectivity index (χ3v) is 3.10. The van der Waals surface area contributed by atoms with Crippen LogP contribution in [0.1, 0.15) is 13.8 Å². The van der Waals surface area contributed by atoms with Crippen LogP contribution in [0.3, 0.4) is 0 Å². The highest BCUT2D eigenvalue weighted by atomic mass is 79.9. The number of allylic oxidation sites excluding steroid dienone is 3. The summed E-state index contributed by atoms with van der Waals surface area (Å²) in [5.41, 5.74) is 9.15. The summed E-state index contributed by atoms with van der Waals surface area (Å²) in [6.07, 6.45) is 3.09. The van der Waals surface area contributed by atoms with Crippen molar-refractivity contribution < 1.29 is 4.92 Å². The van der Waals surface area contributed by atoms with E-state index in [4.69, 9.17) is 5.53 Å². The van der Waals surface area contributed by atoms with Gasteiger partial charge in [-0.2, -0.15) is 0 Å². The van der Waals surface area contributed by atoms with Crippen LogP contribution in [0.15, 0.2) is 26.9 Å². The Bertz CT molecular complexity index is 404. The zero-order chi connectivity index (χ0) is 14.1. The molecule has 0 bridgehead atoms. The molecule has 0 heterocycles. The van der Waals surface area contributed by atoms with Crippen molar-refractivity contribution in [2.45, 2.75) is 13.8 Å². The van der Waals surface area contributed by atoms with Crippen LogP contribution in [0.5, 0.6) is 0 Å². The van der Waals surface area contributed by atoms with Crippen LogP contribution in [-0.2, 0) is 0 Å². The minimum atomic E-state index is -0.412. The molecule has 100 valence electrons. The molecule has 0 radical (unpaired) electrons. The number of azide groups is 1. The molecule has 0 aliphatic rings. The molecule has 0 unspecified atom stereocenters. The van der Waals surface area contributed by atoms with Gasteiger partial charge in [-0.15, -0.1) is 0 Å². The van der Waals surface area contributed by atoms with Gasteiger partial charge in [-0.25, -0.2) is 0 Å². The summed E-state index contributed by atoms with van der Waals surface area (Å²) in [5.74, 6) is 0.172. The van der Waals surface area contributed by atoms with E-state index in [2.05, 4.69) is 25.4 Å². The number of nitrogens with zero attached hydrogens (tertiary/aromatic N) is 5. The maximum absolute atomic E-state index is 10.2. The monoisotopic (exact) mass is 335 g/mol. The van der Waals surface area contributed by atoms with Gasteiger partial charge in [-0.3, -0.25) is 10.1 Å². The standard InChI is InChI=1S/C9H14BrN5O2S/c1-7(2)9(14(3)18-13-12-11)8(10)5-4-6-15(16)17/h4-5,7H,6H2,1-3H3/b5-4-,9-8-. The van der Waals surface area contributed by atoms with E-state index in [1.807, 2.05) is 13.8 Å². The van der Waals surface area contributed by atoms with E-state index in [0.717, 1.165) is 22.3 Å². The lowest BCUT2D eigenvalue weighted by Gasteiger charge is -2.23. The quantitative estimate of drug-likeness (QED) is 0.134. The highest BCUT2D eigenvalue weighted by molar-refractivity contribution is 9.11. The van der Waals surface area contributed by atoms with Crippen molar-refractivity contribution >= 4 is 28.1 Å². The van der Waals surface area contributed by atoms with E-state index < -0.39 is 4.92 Å². The molecule has 0 aromatic carbocycles. The third-order valence-electron chi connectivity index (χ3n) is 1.84. The van der Waals surface area contributed by atoms with Crippen LogP contribution >= 0.6 is 28.1 Å². The van der Waals surface area contributed by atoms with Crippen molar-refractivity contribution in [3.05, 3.63) is 42.9 Å². The molecule has 0 saturated carbocycles. The minimum Gasteiger partial charge on any atom is -0.316 e. The van der Waals surface area contributed by atoms with Gasteiger partial charge in [-0.05, 0) is 44.1 Å². The first kappa shape index (κ1) is 16.8. The van der Waals surface area contributed by atoms with Gasteiger partial charge in [0.05, 0.1) is 0 Å². The highest BCUT2D eigenvalue weighted by Crippen LogP contribution is 2.28. The molecule has 0 aliphatic carbocycles. The van der Waals surface area contributed by atoms with Gasteiger partial charge in [0.1, 0.15) is 0 Å². The van der Waals surface area contributed by atoms with E-state index in [-0.39, 0.29) is 12.5 Å². The van der Waals surface area contributed by atoms with Crippen molar-refractivity contribution in [3.8, 4) is 0 Å². The average Bonchev–Trinajstić information content (AvgIpc) is 2.25. The molecule has 0 atom stereocenters. The molecule has 9 heteroatoms. The van der Waals surface area contributed by atoms with Crippen molar-refractivity contribution in [2.75, 3.05) is 13.6 Å². The molecule has 0 spiro atoms. The maximum Gasteiger partial charge on any atom is 0.222 e. The Kier molecular flexibility index (Phi) is 8.27. The number of hydrogen-bond acceptors (Lipinski definition) is 5. The van der Waals surface area contributed by atoms with E-state index in [9.17, 15) is 10.1 Å². The highest BCUT2D eigenvalue weighted by Gasteiger charge is 2.12. The van der Waals surface area contributed by atoms with Crippen molar-refractivity contribution in [1.29, 1.82) is 0 Å². The topological polar surface area (TPSA) is 95.1 Å². The fourth-order valence-corrected chi connectivity index (χ4v) is 2.80. The summed E-state index contributed by atoms with van der Waals surface area (Å²) < 4.78 is 5.84. The Labute approximate surface area is 118 Å². The summed E-state index contributed by atoms with van der Waals surface area (Å²) >= 11 is 4.33. The van der Waals surface area contributed by atoms with Crippen molar-refractivity contribution in [2.24, 2.45) is 10.4 Å². The fourth-order valence-electron chi connectivity index (χ4n) is 1.23. The Morgan fingerprint density at radius 1 is 1.72 bits per heavy atom. The van der Waals surface area contributed by atoms with Gasteiger partial charge < -0.3 is 4.31 Å². The number of hydrogen-bond donors (Lipinski definition) is 0. The minimum absolute atomic E-state index is 0.172. The van der Waals surface area contributed by atoms with Crippen LogP contribution in [0, 0.1) is 16.0 Å². The zero-order valence-corrected chi connectivity index (χ0v) is 12.7. The first-order valence-electron chi connectivity index (χ1n) is 5.03. The van der Waals surface area contributed by atoms with Crippen molar-refractivity contribution in [3.63, 3.8) is 0 Å². The number of halogens is 1. The van der Waals surface area contributed by atoms with Gasteiger partial charge in [0.25, 0.3) is 0 Å². The largest absolute Gasteiger partial charge is 0.316 e. The second kappa shape index (κ2) is 8.84. The first-order chi connectivity index (χ1) is 8.40. The van der Waals surface area contributed by atoms with Gasteiger partial charge in [0.2, 0.25) is 6.54 Å². The second-order valence-corrected chi connectivity index (χ2v) is 5.28. The Balaban J connectivity index is 4.98. The molecule has 0 rings (SSSR count). The van der Waals surface area contributed by atoms with E-state index in [0.29, 0.717) is 0 Å². The molecule has 18 heavy (non-hydrogen) atoms. The summed E-state index contributed by atoms with van der Waals surface area (Å²) in [4.78, 5) is 12.5. The molecule has 0 aromatic rings. The summed E-state index contributed by atoms with van der Waals surface area (Å²) in [6, 6.07) is 0. The first-order valence-corrected chi connectivity index (χ1v) is 6.55. The van der Waals surface area contributed by atoms with Crippen LogP contribution in [0.2, 0.25) is 0 Å². The SMILES string of the molecule is CC(C)/C(=C(Br)\C=C/C[N+](=O)[O-])N(C)SN=[N+]=[N-]. The Morgan fingerprint density at radius 3 is 2.78 bits per heavy atom. The number of nitro groups is 1. The molecular weight excluding hydrogens is 322 g/mol. The molecule has 0 fully saturated rings. The normalized spacial score (nSPS) is 12.3. The Morgan fingerprint density at radius 2 is 2.33 bits per heavy atom. The van der Waals surface area contributed by atoms with Crippen LogP contribution in [0.25, 0.3) is 10.4 Å². The summed E-state index contributed by atoms with van der Waals surface area (Å²) in [7, 11) is 1.76. The van der Waals surface area contributed by atoms with E-state index in [1.165, 1.54) is 6.08 Å². The molecule has 0 aromatic heterocycles. The molecule has 0 N–H and O–H groups in total. The molecule has 0 aliphatic heterocycles. The number of rotatable bonds is 7. The lowest BCUT2D eigenvalue weighted by Crippen LogP contribution is -2.14. The molecular formula is C9H14BrN5O2S. The van der Waals surface area contributed by atoms with E-state index in [1.54, 1.807) is 17.4 Å². The smallest absolute Gasteiger partial charge is 0.222 e. The fraction of sp³-hybridized carbons (Fsp3) is 0.556. The average molecular weight is 336 g/mol. The molecule has 7 nitrogen and oxygen atoms in total. The second-order valence-electron chi connectivity index (χ2n) is 3.56. The van der Waals surface area contributed by atoms with Gasteiger partial charge in [-0.1, -0.05) is 13.8 Å². The maximum atomic E-state index is 10.2.